The second kappa shape index (κ2) is 6.93. The van der Waals surface area contributed by atoms with Crippen molar-refractivity contribution < 1.29 is 14.3 Å². The van der Waals surface area contributed by atoms with Crippen LogP contribution in [0.15, 0.2) is 42.5 Å². The van der Waals surface area contributed by atoms with Gasteiger partial charge in [0.25, 0.3) is 0 Å². The Kier molecular flexibility index (Phi) is 4.99. The molecule has 0 spiro atoms. The molecule has 2 rings (SSSR count). The highest BCUT2D eigenvalue weighted by Crippen LogP contribution is 2.34. The summed E-state index contributed by atoms with van der Waals surface area (Å²) in [6.07, 6.45) is 1.75. The third-order valence-corrected chi connectivity index (χ3v) is 3.63. The number of hydrogen-bond acceptors (Lipinski definition) is 3. The molecule has 0 radical (unpaired) electrons. The summed E-state index contributed by atoms with van der Waals surface area (Å²) >= 11 is 0. The van der Waals surface area contributed by atoms with E-state index in [4.69, 9.17) is 9.47 Å². The van der Waals surface area contributed by atoms with Gasteiger partial charge in [-0.25, -0.2) is 0 Å². The van der Waals surface area contributed by atoms with Crippen molar-refractivity contribution in [1.82, 2.24) is 0 Å². The van der Waals surface area contributed by atoms with Gasteiger partial charge in [-0.1, -0.05) is 37.3 Å². The molecular formula is C18H20O3. The predicted molar refractivity (Wildman–Crippen MR) is 83.5 cm³/mol. The van der Waals surface area contributed by atoms with Crippen molar-refractivity contribution in [3.8, 4) is 11.5 Å². The predicted octanol–water partition coefficient (Wildman–Crippen LogP) is 3.86. The number of carbonyl (C=O) groups is 1. The third kappa shape index (κ3) is 3.43. The molecule has 0 aliphatic carbocycles. The Bertz CT molecular complexity index is 605. The Morgan fingerprint density at radius 2 is 1.67 bits per heavy atom. The lowest BCUT2D eigenvalue weighted by molar-refractivity contribution is 0.112. The molecule has 0 unspecified atom stereocenters. The lowest BCUT2D eigenvalue weighted by Gasteiger charge is -2.17. The van der Waals surface area contributed by atoms with E-state index in [1.807, 2.05) is 24.3 Å². The zero-order valence-electron chi connectivity index (χ0n) is 12.6. The van der Waals surface area contributed by atoms with Crippen LogP contribution in [-0.4, -0.2) is 20.5 Å². The Morgan fingerprint density at radius 1 is 1.05 bits per heavy atom. The van der Waals surface area contributed by atoms with Gasteiger partial charge in [-0.15, -0.1) is 0 Å². The van der Waals surface area contributed by atoms with Crippen molar-refractivity contribution >= 4 is 6.29 Å². The molecule has 0 fully saturated rings. The number of methoxy groups -OCH3 is 2. The molecule has 0 saturated heterocycles. The van der Waals surface area contributed by atoms with Gasteiger partial charge in [0.05, 0.1) is 14.2 Å². The quantitative estimate of drug-likeness (QED) is 0.756. The molecule has 2 aromatic carbocycles. The summed E-state index contributed by atoms with van der Waals surface area (Å²) in [4.78, 5) is 11.4. The first-order valence-electron chi connectivity index (χ1n) is 6.94. The molecular weight excluding hydrogens is 264 g/mol. The molecule has 2 aromatic rings. The normalized spacial score (nSPS) is 11.8. The van der Waals surface area contributed by atoms with Crippen LogP contribution < -0.4 is 9.47 Å². The highest BCUT2D eigenvalue weighted by molar-refractivity contribution is 5.79. The average molecular weight is 284 g/mol. The monoisotopic (exact) mass is 284 g/mol. The summed E-state index contributed by atoms with van der Waals surface area (Å²) in [7, 11) is 3.17. The number of carbonyl (C=O) groups excluding carboxylic acids is 1. The Morgan fingerprint density at radius 3 is 2.24 bits per heavy atom. The first-order valence-corrected chi connectivity index (χ1v) is 6.94. The fourth-order valence-electron chi connectivity index (χ4n) is 2.52. The molecule has 0 bridgehead atoms. The van der Waals surface area contributed by atoms with E-state index in [1.54, 1.807) is 20.3 Å². The molecule has 0 aromatic heterocycles. The van der Waals surface area contributed by atoms with Crippen molar-refractivity contribution in [3.63, 3.8) is 0 Å². The van der Waals surface area contributed by atoms with Gasteiger partial charge < -0.3 is 9.47 Å². The molecule has 0 aliphatic heterocycles. The number of aldehydes is 1. The minimum absolute atomic E-state index is 0.215. The molecule has 3 heteroatoms. The van der Waals surface area contributed by atoms with Crippen LogP contribution in [-0.2, 0) is 6.42 Å². The largest absolute Gasteiger partial charge is 0.493 e. The maximum absolute atomic E-state index is 11.4. The maximum Gasteiger partial charge on any atom is 0.161 e. The highest BCUT2D eigenvalue weighted by Gasteiger charge is 2.16. The molecule has 0 heterocycles. The second-order valence-corrected chi connectivity index (χ2v) is 5.04. The van der Waals surface area contributed by atoms with Gasteiger partial charge in [0.2, 0.25) is 0 Å². The molecule has 0 N–H and O–H groups in total. The summed E-state index contributed by atoms with van der Waals surface area (Å²) in [6.45, 7) is 2.11. The number of rotatable bonds is 6. The molecule has 0 aliphatic rings. The zero-order valence-corrected chi connectivity index (χ0v) is 12.6. The SMILES string of the molecule is COc1cc(C=O)c([C@H](C)Cc2ccccc2)cc1OC. The minimum Gasteiger partial charge on any atom is -0.493 e. The van der Waals surface area contributed by atoms with E-state index >= 15 is 0 Å². The molecule has 0 saturated carbocycles. The topological polar surface area (TPSA) is 35.5 Å². The van der Waals surface area contributed by atoms with E-state index < -0.39 is 0 Å². The van der Waals surface area contributed by atoms with Crippen LogP contribution in [0.2, 0.25) is 0 Å². The standard InChI is InChI=1S/C18H20O3/c1-13(9-14-7-5-4-6-8-14)16-11-18(21-3)17(20-2)10-15(16)12-19/h4-8,10-13H,9H2,1-3H3/t13-/m1/s1. The molecule has 3 nitrogen and oxygen atoms in total. The van der Waals surface area contributed by atoms with E-state index in [1.165, 1.54) is 5.56 Å². The number of hydrogen-bond donors (Lipinski definition) is 0. The summed E-state index contributed by atoms with van der Waals surface area (Å²) in [5, 5.41) is 0. The Balaban J connectivity index is 2.35. The van der Waals surface area contributed by atoms with Crippen LogP contribution in [0.5, 0.6) is 11.5 Å². The minimum atomic E-state index is 0.215. The van der Waals surface area contributed by atoms with Crippen LogP contribution in [0.1, 0.15) is 34.3 Å². The van der Waals surface area contributed by atoms with E-state index in [2.05, 4.69) is 19.1 Å². The second-order valence-electron chi connectivity index (χ2n) is 5.04. The van der Waals surface area contributed by atoms with E-state index in [9.17, 15) is 4.79 Å². The maximum atomic E-state index is 11.4. The van der Waals surface area contributed by atoms with Crippen molar-refractivity contribution in [2.24, 2.45) is 0 Å². The smallest absolute Gasteiger partial charge is 0.161 e. The molecule has 21 heavy (non-hydrogen) atoms. The fraction of sp³-hybridized carbons (Fsp3) is 0.278. The van der Waals surface area contributed by atoms with Gasteiger partial charge in [0, 0.05) is 5.56 Å². The van der Waals surface area contributed by atoms with Crippen LogP contribution >= 0.6 is 0 Å². The molecule has 1 atom stereocenters. The van der Waals surface area contributed by atoms with Gasteiger partial charge in [0.15, 0.2) is 11.5 Å². The van der Waals surface area contributed by atoms with Crippen LogP contribution in [0, 0.1) is 0 Å². The van der Waals surface area contributed by atoms with Crippen molar-refractivity contribution in [2.75, 3.05) is 14.2 Å². The highest BCUT2D eigenvalue weighted by atomic mass is 16.5. The van der Waals surface area contributed by atoms with Gasteiger partial charge >= 0.3 is 0 Å². The Hall–Kier alpha value is -2.29. The van der Waals surface area contributed by atoms with Gasteiger partial charge in [0.1, 0.15) is 6.29 Å². The van der Waals surface area contributed by atoms with Gasteiger partial charge in [-0.2, -0.15) is 0 Å². The first-order chi connectivity index (χ1) is 10.2. The fourth-order valence-corrected chi connectivity index (χ4v) is 2.52. The van der Waals surface area contributed by atoms with Crippen molar-refractivity contribution in [3.05, 3.63) is 59.2 Å². The lowest BCUT2D eigenvalue weighted by atomic mass is 9.90. The van der Waals surface area contributed by atoms with Crippen LogP contribution in [0.3, 0.4) is 0 Å². The van der Waals surface area contributed by atoms with E-state index in [-0.39, 0.29) is 5.92 Å². The summed E-state index contributed by atoms with van der Waals surface area (Å²) in [5.74, 6) is 1.45. The van der Waals surface area contributed by atoms with Crippen LogP contribution in [0.4, 0.5) is 0 Å². The zero-order chi connectivity index (χ0) is 15.2. The van der Waals surface area contributed by atoms with Gasteiger partial charge in [-0.3, -0.25) is 4.79 Å². The number of ether oxygens (including phenoxy) is 2. The lowest BCUT2D eigenvalue weighted by Crippen LogP contribution is -2.04. The third-order valence-electron chi connectivity index (χ3n) is 3.63. The van der Waals surface area contributed by atoms with Gasteiger partial charge in [-0.05, 0) is 35.6 Å². The van der Waals surface area contributed by atoms with Crippen LogP contribution in [0.25, 0.3) is 0 Å². The molecule has 110 valence electrons. The first kappa shape index (κ1) is 15.1. The number of benzene rings is 2. The van der Waals surface area contributed by atoms with Crippen molar-refractivity contribution in [2.45, 2.75) is 19.3 Å². The van der Waals surface area contributed by atoms with E-state index in [0.717, 1.165) is 18.3 Å². The average Bonchev–Trinajstić information content (AvgIpc) is 2.54. The Labute approximate surface area is 125 Å². The van der Waals surface area contributed by atoms with E-state index in [0.29, 0.717) is 17.1 Å². The van der Waals surface area contributed by atoms with Crippen molar-refractivity contribution in [1.29, 1.82) is 0 Å². The molecule has 0 amide bonds. The summed E-state index contributed by atoms with van der Waals surface area (Å²) < 4.78 is 10.6. The summed E-state index contributed by atoms with van der Waals surface area (Å²) in [5.41, 5.74) is 2.87. The summed E-state index contributed by atoms with van der Waals surface area (Å²) in [6, 6.07) is 13.9.